The number of esters is 1. The Morgan fingerprint density at radius 1 is 0.889 bits per heavy atom. The van der Waals surface area contributed by atoms with Crippen LogP contribution in [0.15, 0.2) is 42.5 Å². The highest BCUT2D eigenvalue weighted by molar-refractivity contribution is 5.93. The minimum absolute atomic E-state index is 0.304. The van der Waals surface area contributed by atoms with E-state index in [-0.39, 0.29) is 5.97 Å². The normalized spacial score (nSPS) is 10.2. The van der Waals surface area contributed by atoms with E-state index in [1.165, 1.54) is 5.56 Å². The summed E-state index contributed by atoms with van der Waals surface area (Å²) in [6, 6.07) is 12.9. The SMILES string of the molecule is Cc1ccc(C(=O)Oc2ccccc2)c(C)c1C. The van der Waals surface area contributed by atoms with Crippen LogP contribution in [-0.4, -0.2) is 5.97 Å². The van der Waals surface area contributed by atoms with E-state index in [0.717, 1.165) is 11.1 Å². The number of hydrogen-bond donors (Lipinski definition) is 0. The highest BCUT2D eigenvalue weighted by atomic mass is 16.5. The summed E-state index contributed by atoms with van der Waals surface area (Å²) in [6.07, 6.45) is 0. The smallest absolute Gasteiger partial charge is 0.343 e. The Labute approximate surface area is 107 Å². The van der Waals surface area contributed by atoms with Crippen molar-refractivity contribution in [3.05, 3.63) is 64.7 Å². The maximum absolute atomic E-state index is 12.1. The van der Waals surface area contributed by atoms with Gasteiger partial charge in [0, 0.05) is 0 Å². The molecule has 0 aromatic heterocycles. The second-order valence-corrected chi connectivity index (χ2v) is 4.38. The molecule has 2 aromatic carbocycles. The standard InChI is InChI=1S/C16H16O2/c1-11-9-10-15(13(3)12(11)2)16(17)18-14-7-5-4-6-8-14/h4-10H,1-3H3. The molecule has 0 amide bonds. The molecule has 0 atom stereocenters. The van der Waals surface area contributed by atoms with E-state index in [1.807, 2.05) is 51.1 Å². The lowest BCUT2D eigenvalue weighted by molar-refractivity contribution is 0.0734. The number of aryl methyl sites for hydroxylation is 1. The van der Waals surface area contributed by atoms with E-state index in [2.05, 4.69) is 0 Å². The molecule has 0 aliphatic carbocycles. The molecule has 18 heavy (non-hydrogen) atoms. The molecule has 92 valence electrons. The van der Waals surface area contributed by atoms with Gasteiger partial charge >= 0.3 is 5.97 Å². The van der Waals surface area contributed by atoms with Crippen LogP contribution in [0.2, 0.25) is 0 Å². The molecule has 2 nitrogen and oxygen atoms in total. The molecule has 0 heterocycles. The van der Waals surface area contributed by atoms with Crippen molar-refractivity contribution in [3.63, 3.8) is 0 Å². The first-order chi connectivity index (χ1) is 8.59. The summed E-state index contributed by atoms with van der Waals surface area (Å²) >= 11 is 0. The van der Waals surface area contributed by atoms with Gasteiger partial charge in [0.05, 0.1) is 5.56 Å². The highest BCUT2D eigenvalue weighted by Crippen LogP contribution is 2.19. The fraction of sp³-hybridized carbons (Fsp3) is 0.188. The lowest BCUT2D eigenvalue weighted by Crippen LogP contribution is -2.11. The summed E-state index contributed by atoms with van der Waals surface area (Å²) < 4.78 is 5.34. The van der Waals surface area contributed by atoms with Crippen molar-refractivity contribution in [1.29, 1.82) is 0 Å². The minimum atomic E-state index is -0.304. The Hall–Kier alpha value is -2.09. The van der Waals surface area contributed by atoms with E-state index in [1.54, 1.807) is 12.1 Å². The summed E-state index contributed by atoms with van der Waals surface area (Å²) in [5.41, 5.74) is 3.93. The van der Waals surface area contributed by atoms with Crippen molar-refractivity contribution in [2.45, 2.75) is 20.8 Å². The van der Waals surface area contributed by atoms with Gasteiger partial charge in [-0.3, -0.25) is 0 Å². The predicted molar refractivity (Wildman–Crippen MR) is 72.1 cm³/mol. The average molecular weight is 240 g/mol. The topological polar surface area (TPSA) is 26.3 Å². The summed E-state index contributed by atoms with van der Waals surface area (Å²) in [4.78, 5) is 12.1. The number of para-hydroxylation sites is 1. The Balaban J connectivity index is 2.28. The van der Waals surface area contributed by atoms with Crippen LogP contribution in [0.5, 0.6) is 5.75 Å². The molecule has 0 bridgehead atoms. The average Bonchev–Trinajstić information content (AvgIpc) is 2.37. The third kappa shape index (κ3) is 2.43. The summed E-state index contributed by atoms with van der Waals surface area (Å²) in [5, 5.41) is 0. The van der Waals surface area contributed by atoms with Crippen molar-refractivity contribution in [1.82, 2.24) is 0 Å². The number of hydrogen-bond acceptors (Lipinski definition) is 2. The van der Waals surface area contributed by atoms with Crippen molar-refractivity contribution < 1.29 is 9.53 Å². The number of carbonyl (C=O) groups is 1. The molecule has 0 aliphatic heterocycles. The number of ether oxygens (including phenoxy) is 1. The summed E-state index contributed by atoms with van der Waals surface area (Å²) in [6.45, 7) is 6.00. The van der Waals surface area contributed by atoms with E-state index in [4.69, 9.17) is 4.74 Å². The van der Waals surface area contributed by atoms with Crippen molar-refractivity contribution in [2.24, 2.45) is 0 Å². The van der Waals surface area contributed by atoms with Gasteiger partial charge in [0.1, 0.15) is 5.75 Å². The van der Waals surface area contributed by atoms with E-state index < -0.39 is 0 Å². The monoisotopic (exact) mass is 240 g/mol. The molecule has 0 N–H and O–H groups in total. The molecule has 0 radical (unpaired) electrons. The molecule has 0 fully saturated rings. The first kappa shape index (κ1) is 12.4. The van der Waals surface area contributed by atoms with Crippen LogP contribution in [0.3, 0.4) is 0 Å². The predicted octanol–water partition coefficient (Wildman–Crippen LogP) is 3.83. The van der Waals surface area contributed by atoms with Crippen LogP contribution >= 0.6 is 0 Å². The van der Waals surface area contributed by atoms with Gasteiger partial charge in [-0.2, -0.15) is 0 Å². The van der Waals surface area contributed by atoms with Gasteiger partial charge in [-0.05, 0) is 55.7 Å². The third-order valence-corrected chi connectivity index (χ3v) is 3.23. The zero-order chi connectivity index (χ0) is 13.1. The van der Waals surface area contributed by atoms with E-state index >= 15 is 0 Å². The zero-order valence-corrected chi connectivity index (χ0v) is 10.9. The Morgan fingerprint density at radius 3 is 2.22 bits per heavy atom. The zero-order valence-electron chi connectivity index (χ0n) is 10.9. The summed E-state index contributed by atoms with van der Waals surface area (Å²) in [7, 11) is 0. The maximum atomic E-state index is 12.1. The quantitative estimate of drug-likeness (QED) is 0.589. The molecule has 2 aromatic rings. The number of carbonyl (C=O) groups excluding carboxylic acids is 1. The fourth-order valence-corrected chi connectivity index (χ4v) is 1.83. The second-order valence-electron chi connectivity index (χ2n) is 4.38. The van der Waals surface area contributed by atoms with Crippen LogP contribution in [0.25, 0.3) is 0 Å². The maximum Gasteiger partial charge on any atom is 0.343 e. The fourth-order valence-electron chi connectivity index (χ4n) is 1.83. The van der Waals surface area contributed by atoms with Crippen LogP contribution in [-0.2, 0) is 0 Å². The van der Waals surface area contributed by atoms with Crippen molar-refractivity contribution in [2.75, 3.05) is 0 Å². The Bertz CT molecular complexity index is 571. The molecule has 0 unspecified atom stereocenters. The van der Waals surface area contributed by atoms with Gasteiger partial charge < -0.3 is 4.74 Å². The molecular formula is C16H16O2. The highest BCUT2D eigenvalue weighted by Gasteiger charge is 2.13. The van der Waals surface area contributed by atoms with Gasteiger partial charge in [-0.1, -0.05) is 24.3 Å². The first-order valence-corrected chi connectivity index (χ1v) is 5.93. The van der Waals surface area contributed by atoms with Crippen molar-refractivity contribution in [3.8, 4) is 5.75 Å². The molecule has 0 spiro atoms. The molecule has 0 aliphatic rings. The Morgan fingerprint density at radius 2 is 1.56 bits per heavy atom. The van der Waals surface area contributed by atoms with Gasteiger partial charge in [-0.15, -0.1) is 0 Å². The van der Waals surface area contributed by atoms with Gasteiger partial charge in [0.2, 0.25) is 0 Å². The van der Waals surface area contributed by atoms with Gasteiger partial charge in [0.25, 0.3) is 0 Å². The van der Waals surface area contributed by atoms with Crippen LogP contribution in [0.1, 0.15) is 27.0 Å². The Kier molecular flexibility index (Phi) is 3.47. The van der Waals surface area contributed by atoms with Gasteiger partial charge in [-0.25, -0.2) is 4.79 Å². The van der Waals surface area contributed by atoms with Gasteiger partial charge in [0.15, 0.2) is 0 Å². The molecule has 0 saturated heterocycles. The molecule has 2 heteroatoms. The molecular weight excluding hydrogens is 224 g/mol. The number of benzene rings is 2. The third-order valence-electron chi connectivity index (χ3n) is 3.23. The van der Waals surface area contributed by atoms with Crippen molar-refractivity contribution >= 4 is 5.97 Å². The minimum Gasteiger partial charge on any atom is -0.423 e. The van der Waals surface area contributed by atoms with Crippen LogP contribution in [0, 0.1) is 20.8 Å². The number of rotatable bonds is 2. The van der Waals surface area contributed by atoms with E-state index in [9.17, 15) is 4.79 Å². The molecule has 2 rings (SSSR count). The summed E-state index contributed by atoms with van der Waals surface area (Å²) in [5.74, 6) is 0.266. The lowest BCUT2D eigenvalue weighted by Gasteiger charge is -2.10. The van der Waals surface area contributed by atoms with E-state index in [0.29, 0.717) is 11.3 Å². The largest absolute Gasteiger partial charge is 0.423 e. The molecule has 0 saturated carbocycles. The van der Waals surface area contributed by atoms with Crippen LogP contribution < -0.4 is 4.74 Å². The lowest BCUT2D eigenvalue weighted by atomic mass is 9.99. The second kappa shape index (κ2) is 5.05. The van der Waals surface area contributed by atoms with Crippen LogP contribution in [0.4, 0.5) is 0 Å². The first-order valence-electron chi connectivity index (χ1n) is 5.93.